The van der Waals surface area contributed by atoms with Crippen LogP contribution in [0.2, 0.25) is 0 Å². The highest BCUT2D eigenvalue weighted by Crippen LogP contribution is 2.28. The summed E-state index contributed by atoms with van der Waals surface area (Å²) in [6.07, 6.45) is 4.62. The van der Waals surface area contributed by atoms with E-state index in [2.05, 4.69) is 20.8 Å². The summed E-state index contributed by atoms with van der Waals surface area (Å²) in [5.41, 5.74) is 8.67. The first-order valence-corrected chi connectivity index (χ1v) is 5.76. The van der Waals surface area contributed by atoms with Gasteiger partial charge in [0.1, 0.15) is 0 Å². The predicted octanol–water partition coefficient (Wildman–Crippen LogP) is 1.76. The molecule has 2 aromatic heterocycles. The molecular weight excluding hydrogens is 212 g/mol. The number of pyridine rings is 2. The predicted molar refractivity (Wildman–Crippen MR) is 64.8 cm³/mol. The van der Waals surface area contributed by atoms with Gasteiger partial charge >= 0.3 is 0 Å². The molecule has 2 aromatic rings. The molecule has 2 atom stereocenters. The molecule has 4 heteroatoms. The van der Waals surface area contributed by atoms with Crippen LogP contribution in [-0.4, -0.2) is 9.97 Å². The number of nitrogens with zero attached hydrogens (tertiary/aromatic N) is 2. The van der Waals surface area contributed by atoms with Crippen LogP contribution in [0.5, 0.6) is 0 Å². The van der Waals surface area contributed by atoms with Gasteiger partial charge in [-0.2, -0.15) is 0 Å². The van der Waals surface area contributed by atoms with Gasteiger partial charge in [0.15, 0.2) is 0 Å². The molecule has 2 unspecified atom stereocenters. The molecule has 0 aliphatic carbocycles. The van der Waals surface area contributed by atoms with Crippen molar-refractivity contribution in [2.75, 3.05) is 0 Å². The van der Waals surface area contributed by atoms with Crippen LogP contribution in [0.25, 0.3) is 0 Å². The third-order valence-electron chi connectivity index (χ3n) is 2.99. The molecule has 0 saturated carbocycles. The van der Waals surface area contributed by atoms with Gasteiger partial charge in [0.25, 0.3) is 0 Å². The highest BCUT2D eigenvalue weighted by molar-refractivity contribution is 5.15. The first kappa shape index (κ1) is 10.4. The van der Waals surface area contributed by atoms with Crippen molar-refractivity contribution in [3.05, 3.63) is 60.2 Å². The Morgan fingerprint density at radius 1 is 0.824 bits per heavy atom. The maximum atomic E-state index is 4.37. The second kappa shape index (κ2) is 4.61. The summed E-state index contributed by atoms with van der Waals surface area (Å²) in [6.45, 7) is 0. The average Bonchev–Trinajstić information content (AvgIpc) is 2.90. The van der Waals surface area contributed by atoms with Gasteiger partial charge in [0.2, 0.25) is 0 Å². The lowest BCUT2D eigenvalue weighted by atomic mass is 10.0. The smallest absolute Gasteiger partial charge is 0.0654 e. The van der Waals surface area contributed by atoms with Gasteiger partial charge in [-0.3, -0.25) is 9.97 Å². The number of rotatable bonds is 2. The summed E-state index contributed by atoms with van der Waals surface area (Å²) >= 11 is 0. The maximum absolute atomic E-state index is 4.37. The minimum atomic E-state index is 0.253. The third-order valence-corrected chi connectivity index (χ3v) is 2.99. The van der Waals surface area contributed by atoms with Crippen LogP contribution in [-0.2, 0) is 0 Å². The molecule has 3 rings (SSSR count). The highest BCUT2D eigenvalue weighted by atomic mass is 15.4. The number of hydrogen-bond acceptors (Lipinski definition) is 4. The first-order valence-electron chi connectivity index (χ1n) is 5.76. The molecule has 0 radical (unpaired) electrons. The van der Waals surface area contributed by atoms with E-state index in [4.69, 9.17) is 0 Å². The SMILES string of the molecule is c1ccc(C2CC(c3ccccn3)NN2)nc1. The van der Waals surface area contributed by atoms with Crippen LogP contribution in [0.4, 0.5) is 0 Å². The van der Waals surface area contributed by atoms with E-state index in [1.165, 1.54) is 0 Å². The molecule has 2 N–H and O–H groups in total. The largest absolute Gasteiger partial charge is 0.260 e. The number of aromatic nitrogens is 2. The normalized spacial score (nSPS) is 23.8. The van der Waals surface area contributed by atoms with Crippen molar-refractivity contribution in [3.63, 3.8) is 0 Å². The highest BCUT2D eigenvalue weighted by Gasteiger charge is 2.27. The van der Waals surface area contributed by atoms with Gasteiger partial charge in [-0.15, -0.1) is 0 Å². The standard InChI is InChI=1S/C13H14N4/c1-3-7-14-10(5-1)12-9-13(17-16-12)11-6-2-4-8-15-11/h1-8,12-13,16-17H,9H2. The Morgan fingerprint density at radius 3 is 1.76 bits per heavy atom. The summed E-state index contributed by atoms with van der Waals surface area (Å²) in [5, 5.41) is 0. The molecule has 1 aliphatic rings. The van der Waals surface area contributed by atoms with Crippen LogP contribution < -0.4 is 10.9 Å². The van der Waals surface area contributed by atoms with Gasteiger partial charge in [0.05, 0.1) is 23.5 Å². The lowest BCUT2D eigenvalue weighted by Gasteiger charge is -2.08. The zero-order chi connectivity index (χ0) is 11.5. The van der Waals surface area contributed by atoms with E-state index in [9.17, 15) is 0 Å². The molecule has 1 saturated heterocycles. The maximum Gasteiger partial charge on any atom is 0.0654 e. The van der Waals surface area contributed by atoms with Crippen molar-refractivity contribution < 1.29 is 0 Å². The van der Waals surface area contributed by atoms with E-state index in [0.717, 1.165) is 17.8 Å². The summed E-state index contributed by atoms with van der Waals surface area (Å²) in [7, 11) is 0. The minimum absolute atomic E-state index is 0.253. The average molecular weight is 226 g/mol. The molecule has 0 spiro atoms. The second-order valence-corrected chi connectivity index (χ2v) is 4.14. The van der Waals surface area contributed by atoms with Crippen LogP contribution >= 0.6 is 0 Å². The molecule has 0 bridgehead atoms. The van der Waals surface area contributed by atoms with E-state index >= 15 is 0 Å². The number of hydrazine groups is 1. The van der Waals surface area contributed by atoms with Crippen LogP contribution in [0, 0.1) is 0 Å². The Bertz CT molecular complexity index is 426. The second-order valence-electron chi connectivity index (χ2n) is 4.14. The molecule has 0 aromatic carbocycles. The molecule has 17 heavy (non-hydrogen) atoms. The van der Waals surface area contributed by atoms with E-state index in [1.807, 2.05) is 48.8 Å². The van der Waals surface area contributed by atoms with Crippen molar-refractivity contribution in [3.8, 4) is 0 Å². The van der Waals surface area contributed by atoms with Crippen LogP contribution in [0.1, 0.15) is 29.9 Å². The number of nitrogens with one attached hydrogen (secondary N) is 2. The summed E-state index contributed by atoms with van der Waals surface area (Å²) < 4.78 is 0. The van der Waals surface area contributed by atoms with Crippen LogP contribution in [0.3, 0.4) is 0 Å². The third kappa shape index (κ3) is 2.18. The van der Waals surface area contributed by atoms with Crippen molar-refractivity contribution in [1.82, 2.24) is 20.8 Å². The van der Waals surface area contributed by atoms with E-state index in [0.29, 0.717) is 0 Å². The minimum Gasteiger partial charge on any atom is -0.260 e. The summed E-state index contributed by atoms with van der Waals surface area (Å²) in [6, 6.07) is 12.5. The van der Waals surface area contributed by atoms with Crippen molar-refractivity contribution >= 4 is 0 Å². The van der Waals surface area contributed by atoms with Gasteiger partial charge in [-0.05, 0) is 30.7 Å². The van der Waals surface area contributed by atoms with Crippen molar-refractivity contribution in [2.24, 2.45) is 0 Å². The Balaban J connectivity index is 1.75. The fourth-order valence-electron chi connectivity index (χ4n) is 2.11. The van der Waals surface area contributed by atoms with E-state index < -0.39 is 0 Å². The molecule has 0 amide bonds. The quantitative estimate of drug-likeness (QED) is 0.819. The van der Waals surface area contributed by atoms with Crippen molar-refractivity contribution in [2.45, 2.75) is 18.5 Å². The molecule has 4 nitrogen and oxygen atoms in total. The van der Waals surface area contributed by atoms with Gasteiger partial charge in [0, 0.05) is 12.4 Å². The fraction of sp³-hybridized carbons (Fsp3) is 0.231. The fourth-order valence-corrected chi connectivity index (χ4v) is 2.11. The topological polar surface area (TPSA) is 49.8 Å². The Morgan fingerprint density at radius 2 is 1.35 bits per heavy atom. The summed E-state index contributed by atoms with van der Waals surface area (Å²) in [4.78, 5) is 8.73. The van der Waals surface area contributed by atoms with Crippen LogP contribution in [0.15, 0.2) is 48.8 Å². The zero-order valence-electron chi connectivity index (χ0n) is 9.38. The summed E-state index contributed by atoms with van der Waals surface area (Å²) in [5.74, 6) is 0. The lowest BCUT2D eigenvalue weighted by Crippen LogP contribution is -2.27. The Hall–Kier alpha value is -1.78. The monoisotopic (exact) mass is 226 g/mol. The Kier molecular flexibility index (Phi) is 2.81. The van der Waals surface area contributed by atoms with E-state index in [-0.39, 0.29) is 12.1 Å². The van der Waals surface area contributed by atoms with Crippen molar-refractivity contribution in [1.29, 1.82) is 0 Å². The molecular formula is C13H14N4. The lowest BCUT2D eigenvalue weighted by molar-refractivity contribution is 0.544. The first-order chi connectivity index (χ1) is 8.43. The van der Waals surface area contributed by atoms with Gasteiger partial charge < -0.3 is 0 Å². The number of hydrogen-bond donors (Lipinski definition) is 2. The molecule has 3 heterocycles. The Labute approximate surface area is 100 Å². The molecule has 1 aliphatic heterocycles. The van der Waals surface area contributed by atoms with E-state index in [1.54, 1.807) is 0 Å². The van der Waals surface area contributed by atoms with Gasteiger partial charge in [-0.25, -0.2) is 10.9 Å². The molecule has 1 fully saturated rings. The van der Waals surface area contributed by atoms with Gasteiger partial charge in [-0.1, -0.05) is 12.1 Å². The molecule has 86 valence electrons. The zero-order valence-corrected chi connectivity index (χ0v) is 9.38.